The van der Waals surface area contributed by atoms with Crippen molar-refractivity contribution in [2.45, 2.75) is 12.3 Å². The summed E-state index contributed by atoms with van der Waals surface area (Å²) in [5.41, 5.74) is 0.531. The second-order valence-corrected chi connectivity index (χ2v) is 5.57. The molecule has 1 amide bonds. The third-order valence-corrected chi connectivity index (χ3v) is 3.79. The number of hydrogen-bond donors (Lipinski definition) is 2. The van der Waals surface area contributed by atoms with Gasteiger partial charge in [0.25, 0.3) is 5.91 Å². The zero-order valence-electron chi connectivity index (χ0n) is 13.1. The number of carbonyl (C=O) groups excluding carboxylic acids is 1. The van der Waals surface area contributed by atoms with Crippen molar-refractivity contribution in [3.63, 3.8) is 0 Å². The molecule has 0 saturated carbocycles. The molecule has 0 unspecified atom stereocenters. The zero-order valence-corrected chi connectivity index (χ0v) is 13.1. The molecule has 0 aliphatic carbocycles. The second kappa shape index (κ2) is 7.20. The van der Waals surface area contributed by atoms with Gasteiger partial charge in [-0.3, -0.25) is 9.78 Å². The smallest absolute Gasteiger partial charge is 0.371 e. The SMILES string of the molecule is O=C(Nc1ccc([C@@H]2CNCCO2)cc1)c1ccc(C(F)(F)F)cn1. The number of aromatic nitrogens is 1. The van der Waals surface area contributed by atoms with Crippen LogP contribution in [-0.4, -0.2) is 30.6 Å². The monoisotopic (exact) mass is 351 g/mol. The molecule has 1 atom stereocenters. The van der Waals surface area contributed by atoms with Gasteiger partial charge in [0.2, 0.25) is 0 Å². The quantitative estimate of drug-likeness (QED) is 0.892. The Kier molecular flexibility index (Phi) is 5.00. The summed E-state index contributed by atoms with van der Waals surface area (Å²) in [6.45, 7) is 2.19. The highest BCUT2D eigenvalue weighted by Crippen LogP contribution is 2.28. The van der Waals surface area contributed by atoms with Crippen LogP contribution in [0.5, 0.6) is 0 Å². The number of carbonyl (C=O) groups is 1. The number of halogens is 3. The highest BCUT2D eigenvalue weighted by molar-refractivity contribution is 6.02. The Morgan fingerprint density at radius 3 is 2.52 bits per heavy atom. The summed E-state index contributed by atoms with van der Waals surface area (Å²) in [7, 11) is 0. The van der Waals surface area contributed by atoms with E-state index in [4.69, 9.17) is 4.74 Å². The van der Waals surface area contributed by atoms with Gasteiger partial charge in [0.1, 0.15) is 5.69 Å². The van der Waals surface area contributed by atoms with Crippen LogP contribution >= 0.6 is 0 Å². The predicted octanol–water partition coefficient (Wildman–Crippen LogP) is 3.01. The lowest BCUT2D eigenvalue weighted by molar-refractivity contribution is -0.137. The van der Waals surface area contributed by atoms with Crippen LogP contribution in [-0.2, 0) is 10.9 Å². The van der Waals surface area contributed by atoms with E-state index in [1.807, 2.05) is 12.1 Å². The standard InChI is InChI=1S/C17H16F3N3O2/c18-17(19,20)12-3-6-14(22-9-12)16(24)23-13-4-1-11(2-5-13)15-10-21-7-8-25-15/h1-6,9,15,21H,7-8,10H2,(H,23,24)/t15-/m0/s1. The molecule has 8 heteroatoms. The number of alkyl halides is 3. The van der Waals surface area contributed by atoms with Crippen molar-refractivity contribution >= 4 is 11.6 Å². The van der Waals surface area contributed by atoms with Crippen molar-refractivity contribution in [3.05, 3.63) is 59.4 Å². The van der Waals surface area contributed by atoms with Gasteiger partial charge in [-0.2, -0.15) is 13.2 Å². The maximum absolute atomic E-state index is 12.5. The van der Waals surface area contributed by atoms with E-state index in [2.05, 4.69) is 15.6 Å². The number of nitrogens with one attached hydrogen (secondary N) is 2. The highest BCUT2D eigenvalue weighted by atomic mass is 19.4. The first-order valence-electron chi connectivity index (χ1n) is 7.70. The average molecular weight is 351 g/mol. The van der Waals surface area contributed by atoms with E-state index in [-0.39, 0.29) is 11.8 Å². The molecule has 5 nitrogen and oxygen atoms in total. The van der Waals surface area contributed by atoms with Gasteiger partial charge in [-0.25, -0.2) is 0 Å². The van der Waals surface area contributed by atoms with E-state index < -0.39 is 17.6 Å². The van der Waals surface area contributed by atoms with E-state index >= 15 is 0 Å². The Bertz CT molecular complexity index is 724. The maximum Gasteiger partial charge on any atom is 0.417 e. The minimum atomic E-state index is -4.48. The number of nitrogens with zero attached hydrogens (tertiary/aromatic N) is 1. The first-order chi connectivity index (χ1) is 11.9. The Balaban J connectivity index is 1.64. The van der Waals surface area contributed by atoms with Crippen LogP contribution in [0, 0.1) is 0 Å². The summed E-state index contributed by atoms with van der Waals surface area (Å²) in [6, 6.07) is 9.00. The van der Waals surface area contributed by atoms with Gasteiger partial charge >= 0.3 is 6.18 Å². The third-order valence-electron chi connectivity index (χ3n) is 3.79. The van der Waals surface area contributed by atoms with Crippen molar-refractivity contribution in [3.8, 4) is 0 Å². The van der Waals surface area contributed by atoms with Gasteiger partial charge in [-0.15, -0.1) is 0 Å². The minimum absolute atomic E-state index is 0.0323. The van der Waals surface area contributed by atoms with Crippen LogP contribution in [0.4, 0.5) is 18.9 Å². The second-order valence-electron chi connectivity index (χ2n) is 5.57. The number of benzene rings is 1. The number of amides is 1. The van der Waals surface area contributed by atoms with Crippen molar-refractivity contribution in [2.24, 2.45) is 0 Å². The summed E-state index contributed by atoms with van der Waals surface area (Å²) >= 11 is 0. The molecular weight excluding hydrogens is 335 g/mol. The molecule has 0 spiro atoms. The number of morpholine rings is 1. The van der Waals surface area contributed by atoms with E-state index in [1.54, 1.807) is 12.1 Å². The summed E-state index contributed by atoms with van der Waals surface area (Å²) in [5.74, 6) is -0.572. The molecule has 1 fully saturated rings. The minimum Gasteiger partial charge on any atom is -0.371 e. The third kappa shape index (κ3) is 4.34. The molecule has 2 heterocycles. The average Bonchev–Trinajstić information content (AvgIpc) is 2.62. The Hall–Kier alpha value is -2.45. The molecule has 2 aromatic rings. The fourth-order valence-electron chi connectivity index (χ4n) is 2.45. The molecule has 1 aromatic heterocycles. The van der Waals surface area contributed by atoms with Crippen LogP contribution in [0.3, 0.4) is 0 Å². The predicted molar refractivity (Wildman–Crippen MR) is 85.2 cm³/mol. The number of anilines is 1. The molecule has 132 valence electrons. The fourth-order valence-corrected chi connectivity index (χ4v) is 2.45. The molecule has 25 heavy (non-hydrogen) atoms. The van der Waals surface area contributed by atoms with Crippen molar-refractivity contribution < 1.29 is 22.7 Å². The molecule has 1 aromatic carbocycles. The molecule has 1 aliphatic rings. The molecule has 1 aliphatic heterocycles. The van der Waals surface area contributed by atoms with Gasteiger partial charge in [-0.1, -0.05) is 12.1 Å². The number of rotatable bonds is 3. The molecule has 0 radical (unpaired) electrons. The first kappa shape index (κ1) is 17.4. The number of ether oxygens (including phenoxy) is 1. The largest absolute Gasteiger partial charge is 0.417 e. The lowest BCUT2D eigenvalue weighted by Gasteiger charge is -2.24. The summed E-state index contributed by atoms with van der Waals surface area (Å²) in [5, 5.41) is 5.84. The lowest BCUT2D eigenvalue weighted by Crippen LogP contribution is -2.33. The molecule has 2 N–H and O–H groups in total. The first-order valence-corrected chi connectivity index (χ1v) is 7.70. The lowest BCUT2D eigenvalue weighted by atomic mass is 10.1. The van der Waals surface area contributed by atoms with Crippen LogP contribution < -0.4 is 10.6 Å². The highest BCUT2D eigenvalue weighted by Gasteiger charge is 2.30. The Labute approximate surface area is 142 Å². The van der Waals surface area contributed by atoms with Gasteiger partial charge in [0.15, 0.2) is 0 Å². The Morgan fingerprint density at radius 2 is 1.96 bits per heavy atom. The molecule has 1 saturated heterocycles. The van der Waals surface area contributed by atoms with Crippen LogP contribution in [0.25, 0.3) is 0 Å². The fraction of sp³-hybridized carbons (Fsp3) is 0.294. The maximum atomic E-state index is 12.5. The van der Waals surface area contributed by atoms with Crippen LogP contribution in [0.15, 0.2) is 42.6 Å². The number of pyridine rings is 1. The zero-order chi connectivity index (χ0) is 17.9. The van der Waals surface area contributed by atoms with E-state index in [0.29, 0.717) is 18.5 Å². The van der Waals surface area contributed by atoms with Gasteiger partial charge < -0.3 is 15.4 Å². The van der Waals surface area contributed by atoms with Crippen LogP contribution in [0.2, 0.25) is 0 Å². The number of hydrogen-bond acceptors (Lipinski definition) is 4. The van der Waals surface area contributed by atoms with Gasteiger partial charge in [0, 0.05) is 25.0 Å². The van der Waals surface area contributed by atoms with Crippen molar-refractivity contribution in [1.29, 1.82) is 0 Å². The van der Waals surface area contributed by atoms with E-state index in [1.165, 1.54) is 0 Å². The van der Waals surface area contributed by atoms with E-state index in [0.717, 1.165) is 30.8 Å². The molecular formula is C17H16F3N3O2. The topological polar surface area (TPSA) is 63.2 Å². The van der Waals surface area contributed by atoms with Crippen molar-refractivity contribution in [1.82, 2.24) is 10.3 Å². The molecule has 0 bridgehead atoms. The van der Waals surface area contributed by atoms with Crippen molar-refractivity contribution in [2.75, 3.05) is 25.0 Å². The summed E-state index contributed by atoms with van der Waals surface area (Å²) in [6.07, 6.45) is -3.87. The Morgan fingerprint density at radius 1 is 1.20 bits per heavy atom. The van der Waals surface area contributed by atoms with Gasteiger partial charge in [-0.05, 0) is 29.8 Å². The van der Waals surface area contributed by atoms with Gasteiger partial charge in [0.05, 0.1) is 18.3 Å². The van der Waals surface area contributed by atoms with E-state index in [9.17, 15) is 18.0 Å². The molecule has 3 rings (SSSR count). The summed E-state index contributed by atoms with van der Waals surface area (Å²) in [4.78, 5) is 15.6. The van der Waals surface area contributed by atoms with Crippen LogP contribution in [0.1, 0.15) is 27.7 Å². The normalized spacial score (nSPS) is 18.0. The summed E-state index contributed by atoms with van der Waals surface area (Å²) < 4.78 is 43.2.